The molecule has 0 aliphatic heterocycles. The van der Waals surface area contributed by atoms with Crippen LogP contribution in [0.1, 0.15) is 10.6 Å². The number of benzene rings is 1. The lowest BCUT2D eigenvalue weighted by atomic mass is 10.2. The quantitative estimate of drug-likeness (QED) is 0.881. The molecule has 1 heterocycles. The van der Waals surface area contributed by atoms with Gasteiger partial charge in [0.15, 0.2) is 5.01 Å². The summed E-state index contributed by atoms with van der Waals surface area (Å²) in [6.07, 6.45) is -4.35. The summed E-state index contributed by atoms with van der Waals surface area (Å²) in [5, 5.41) is 2.15. The number of nitrogens with one attached hydrogen (secondary N) is 1. The van der Waals surface area contributed by atoms with Crippen LogP contribution in [-0.2, 0) is 12.7 Å². The van der Waals surface area contributed by atoms with Crippen molar-refractivity contribution in [1.29, 1.82) is 0 Å². The highest BCUT2D eigenvalue weighted by Crippen LogP contribution is 2.35. The highest BCUT2D eigenvalue weighted by atomic mass is 32.1. The van der Waals surface area contributed by atoms with Gasteiger partial charge in [-0.15, -0.1) is 11.3 Å². The lowest BCUT2D eigenvalue weighted by molar-refractivity contribution is -0.137. The van der Waals surface area contributed by atoms with Gasteiger partial charge in [0, 0.05) is 6.54 Å². The Kier molecular flexibility index (Phi) is 2.86. The number of fused-ring (bicyclic) bond motifs is 1. The molecule has 0 aliphatic carbocycles. The molecule has 0 fully saturated rings. The normalized spacial score (nSPS) is 12.2. The van der Waals surface area contributed by atoms with E-state index in [0.717, 1.165) is 5.56 Å². The van der Waals surface area contributed by atoms with Gasteiger partial charge in [-0.25, -0.2) is 4.98 Å². The Labute approximate surface area is 94.1 Å². The van der Waals surface area contributed by atoms with E-state index in [-0.39, 0.29) is 0 Å². The Bertz CT molecular complexity index is 504. The van der Waals surface area contributed by atoms with Crippen LogP contribution in [0.4, 0.5) is 13.2 Å². The number of halogens is 3. The molecule has 0 amide bonds. The van der Waals surface area contributed by atoms with E-state index < -0.39 is 11.2 Å². The van der Waals surface area contributed by atoms with E-state index in [1.807, 2.05) is 0 Å². The highest BCUT2D eigenvalue weighted by molar-refractivity contribution is 7.18. The Hall–Kier alpha value is -1.14. The first-order chi connectivity index (χ1) is 7.50. The molecule has 0 atom stereocenters. The van der Waals surface area contributed by atoms with Crippen LogP contribution < -0.4 is 5.32 Å². The van der Waals surface area contributed by atoms with E-state index in [1.54, 1.807) is 25.2 Å². The molecular weight excluding hydrogens is 237 g/mol. The number of hydrogen-bond donors (Lipinski definition) is 1. The van der Waals surface area contributed by atoms with Crippen LogP contribution in [0.3, 0.4) is 0 Å². The van der Waals surface area contributed by atoms with Crippen molar-refractivity contribution in [3.63, 3.8) is 0 Å². The molecule has 0 aliphatic rings. The monoisotopic (exact) mass is 246 g/mol. The molecule has 0 radical (unpaired) electrons. The predicted molar refractivity (Wildman–Crippen MR) is 57.4 cm³/mol. The van der Waals surface area contributed by atoms with E-state index in [9.17, 15) is 13.2 Å². The predicted octanol–water partition coefficient (Wildman–Crippen LogP) is 3.03. The molecule has 16 heavy (non-hydrogen) atoms. The first-order valence-corrected chi connectivity index (χ1v) is 5.43. The van der Waals surface area contributed by atoms with Crippen molar-refractivity contribution < 1.29 is 13.2 Å². The van der Waals surface area contributed by atoms with Crippen molar-refractivity contribution in [3.8, 4) is 0 Å². The van der Waals surface area contributed by atoms with E-state index in [2.05, 4.69) is 10.3 Å². The molecule has 0 unspecified atom stereocenters. The number of hydrogen-bond acceptors (Lipinski definition) is 3. The van der Waals surface area contributed by atoms with Gasteiger partial charge in [0.05, 0.1) is 10.2 Å². The molecule has 0 saturated heterocycles. The Morgan fingerprint density at radius 3 is 2.75 bits per heavy atom. The van der Waals surface area contributed by atoms with E-state index >= 15 is 0 Å². The average molecular weight is 246 g/mol. The van der Waals surface area contributed by atoms with Gasteiger partial charge in [0.25, 0.3) is 0 Å². The molecule has 0 saturated carbocycles. The number of rotatable bonds is 2. The molecule has 86 valence electrons. The second-order valence-electron chi connectivity index (χ2n) is 3.35. The first-order valence-electron chi connectivity index (χ1n) is 4.62. The lowest BCUT2D eigenvalue weighted by Crippen LogP contribution is -2.04. The molecular formula is C10H9F3N2S. The Morgan fingerprint density at radius 1 is 1.38 bits per heavy atom. The maximum absolute atomic E-state index is 12.4. The number of alkyl halides is 3. The fraction of sp³-hybridized carbons (Fsp3) is 0.300. The van der Waals surface area contributed by atoms with E-state index in [0.29, 0.717) is 28.1 Å². The summed E-state index contributed by atoms with van der Waals surface area (Å²) < 4.78 is 37.8. The summed E-state index contributed by atoms with van der Waals surface area (Å²) in [4.78, 5) is 3.59. The van der Waals surface area contributed by atoms with Crippen molar-refractivity contribution in [2.45, 2.75) is 12.7 Å². The van der Waals surface area contributed by atoms with Crippen molar-refractivity contribution in [3.05, 3.63) is 28.8 Å². The summed E-state index contributed by atoms with van der Waals surface area (Å²) in [7, 11) is 1.78. The third-order valence-corrected chi connectivity index (χ3v) is 3.16. The topological polar surface area (TPSA) is 24.9 Å². The van der Waals surface area contributed by atoms with Gasteiger partial charge in [0.1, 0.15) is 0 Å². The smallest absolute Gasteiger partial charge is 0.316 e. The van der Waals surface area contributed by atoms with Gasteiger partial charge < -0.3 is 5.32 Å². The molecule has 2 nitrogen and oxygen atoms in total. The van der Waals surface area contributed by atoms with Gasteiger partial charge >= 0.3 is 6.18 Å². The Morgan fingerprint density at radius 2 is 2.12 bits per heavy atom. The number of thiazole rings is 1. The zero-order valence-corrected chi connectivity index (χ0v) is 9.25. The van der Waals surface area contributed by atoms with E-state index in [1.165, 1.54) is 0 Å². The third kappa shape index (κ3) is 2.17. The Balaban J connectivity index is 2.46. The number of aromatic nitrogens is 1. The lowest BCUT2D eigenvalue weighted by Gasteiger charge is -1.98. The van der Waals surface area contributed by atoms with Crippen LogP contribution in [0.2, 0.25) is 0 Å². The minimum absolute atomic E-state index is 0.407. The minimum atomic E-state index is -4.35. The first kappa shape index (κ1) is 11.3. The number of nitrogens with zero attached hydrogens (tertiary/aromatic N) is 1. The molecule has 2 aromatic rings. The molecule has 6 heteroatoms. The van der Waals surface area contributed by atoms with Crippen molar-refractivity contribution in [2.75, 3.05) is 7.05 Å². The summed E-state index contributed by atoms with van der Waals surface area (Å²) in [6.45, 7) is 0.620. The fourth-order valence-electron chi connectivity index (χ4n) is 1.41. The molecule has 2 rings (SSSR count). The van der Waals surface area contributed by atoms with Crippen molar-refractivity contribution in [1.82, 2.24) is 10.3 Å². The summed E-state index contributed by atoms with van der Waals surface area (Å²) in [6, 6.07) is 5.16. The second kappa shape index (κ2) is 4.03. The largest absolute Gasteiger partial charge is 0.443 e. The summed E-state index contributed by atoms with van der Waals surface area (Å²) in [5.41, 5.74) is 1.33. The van der Waals surface area contributed by atoms with E-state index in [4.69, 9.17) is 0 Å². The van der Waals surface area contributed by atoms with Crippen LogP contribution in [0.15, 0.2) is 18.2 Å². The zero-order valence-electron chi connectivity index (χ0n) is 8.43. The standard InChI is InChI=1S/C10H9F3N2S/c1-14-5-6-2-3-8-7(4-6)15-9(16-8)10(11,12)13/h2-4,14H,5H2,1H3. The molecule has 0 spiro atoms. The van der Waals surface area contributed by atoms with Crippen LogP contribution in [0.25, 0.3) is 10.2 Å². The van der Waals surface area contributed by atoms with Gasteiger partial charge in [-0.2, -0.15) is 13.2 Å². The van der Waals surface area contributed by atoms with Gasteiger partial charge in [-0.05, 0) is 24.7 Å². The molecule has 1 aromatic carbocycles. The van der Waals surface area contributed by atoms with Crippen LogP contribution in [0, 0.1) is 0 Å². The van der Waals surface area contributed by atoms with Crippen molar-refractivity contribution >= 4 is 21.6 Å². The minimum Gasteiger partial charge on any atom is -0.316 e. The average Bonchev–Trinajstić information content (AvgIpc) is 2.60. The van der Waals surface area contributed by atoms with Gasteiger partial charge in [-0.1, -0.05) is 6.07 Å². The summed E-state index contributed by atoms with van der Waals surface area (Å²) >= 11 is 0.674. The third-order valence-electron chi connectivity index (χ3n) is 2.08. The second-order valence-corrected chi connectivity index (χ2v) is 4.38. The van der Waals surface area contributed by atoms with Crippen LogP contribution in [0.5, 0.6) is 0 Å². The highest BCUT2D eigenvalue weighted by Gasteiger charge is 2.34. The molecule has 1 N–H and O–H groups in total. The fourth-order valence-corrected chi connectivity index (χ4v) is 2.22. The summed E-state index contributed by atoms with van der Waals surface area (Å²) in [5.74, 6) is 0. The van der Waals surface area contributed by atoms with Crippen LogP contribution in [-0.4, -0.2) is 12.0 Å². The maximum Gasteiger partial charge on any atom is 0.443 e. The van der Waals surface area contributed by atoms with Crippen LogP contribution >= 0.6 is 11.3 Å². The maximum atomic E-state index is 12.4. The molecule has 1 aromatic heterocycles. The van der Waals surface area contributed by atoms with Gasteiger partial charge in [-0.3, -0.25) is 0 Å². The van der Waals surface area contributed by atoms with Gasteiger partial charge in [0.2, 0.25) is 0 Å². The SMILES string of the molecule is CNCc1ccc2sc(C(F)(F)F)nc2c1. The molecule has 0 bridgehead atoms. The van der Waals surface area contributed by atoms with Crippen molar-refractivity contribution in [2.24, 2.45) is 0 Å². The zero-order chi connectivity index (χ0) is 11.8.